The van der Waals surface area contributed by atoms with Crippen molar-refractivity contribution in [3.8, 4) is 5.88 Å². The molecule has 0 saturated carbocycles. The first kappa shape index (κ1) is 19.4. The van der Waals surface area contributed by atoms with Gasteiger partial charge in [0.15, 0.2) is 11.6 Å². The number of rotatable bonds is 5. The van der Waals surface area contributed by atoms with E-state index in [0.29, 0.717) is 31.1 Å². The molecule has 2 saturated heterocycles. The molecule has 9 nitrogen and oxygen atoms in total. The lowest BCUT2D eigenvalue weighted by molar-refractivity contribution is 0.0746. The van der Waals surface area contributed by atoms with E-state index in [4.69, 9.17) is 9.47 Å². The van der Waals surface area contributed by atoms with E-state index < -0.39 is 0 Å². The van der Waals surface area contributed by atoms with Crippen LogP contribution in [0.1, 0.15) is 17.3 Å². The summed E-state index contributed by atoms with van der Waals surface area (Å²) in [4.78, 5) is 23.1. The summed E-state index contributed by atoms with van der Waals surface area (Å²) < 4.78 is 10.7. The van der Waals surface area contributed by atoms with Crippen LogP contribution < -0.4 is 14.5 Å². The lowest BCUT2D eigenvalue weighted by Crippen LogP contribution is -2.49. The van der Waals surface area contributed by atoms with E-state index >= 15 is 0 Å². The quantitative estimate of drug-likeness (QED) is 0.740. The summed E-state index contributed by atoms with van der Waals surface area (Å²) in [5.74, 6) is 2.26. The van der Waals surface area contributed by atoms with Gasteiger partial charge < -0.3 is 24.2 Å². The molecule has 0 N–H and O–H groups in total. The van der Waals surface area contributed by atoms with E-state index in [-0.39, 0.29) is 5.91 Å². The normalized spacial score (nSPS) is 17.3. The molecule has 2 aliphatic rings. The minimum absolute atomic E-state index is 0.00560. The Balaban J connectivity index is 1.32. The van der Waals surface area contributed by atoms with Gasteiger partial charge in [-0.05, 0) is 25.1 Å². The van der Waals surface area contributed by atoms with Crippen molar-refractivity contribution in [2.24, 2.45) is 0 Å². The Kier molecular flexibility index (Phi) is 6.04. The molecule has 2 aromatic heterocycles. The van der Waals surface area contributed by atoms with Crippen molar-refractivity contribution in [1.29, 1.82) is 0 Å². The average molecular weight is 398 g/mol. The average Bonchev–Trinajstić information content (AvgIpc) is 2.80. The number of carbonyl (C=O) groups is 1. The molecule has 0 radical (unpaired) electrons. The standard InChI is InChI=1S/C20H26N6O3/c1-2-29-19-6-3-16(15-21-19)20(27)26-9-7-24(8-10-26)17-4-5-18(23-22-17)25-11-13-28-14-12-25/h3-6,15H,2,7-14H2,1H3. The minimum Gasteiger partial charge on any atom is -0.478 e. The molecule has 9 heteroatoms. The van der Waals surface area contributed by atoms with Crippen LogP contribution in [0, 0.1) is 0 Å². The van der Waals surface area contributed by atoms with E-state index in [1.165, 1.54) is 0 Å². The maximum Gasteiger partial charge on any atom is 0.255 e. The van der Waals surface area contributed by atoms with Crippen LogP contribution in [0.5, 0.6) is 5.88 Å². The van der Waals surface area contributed by atoms with E-state index in [2.05, 4.69) is 25.0 Å². The number of piperazine rings is 1. The van der Waals surface area contributed by atoms with Gasteiger partial charge >= 0.3 is 0 Å². The van der Waals surface area contributed by atoms with Crippen LogP contribution in [0.4, 0.5) is 11.6 Å². The van der Waals surface area contributed by atoms with Crippen molar-refractivity contribution in [2.75, 3.05) is 68.9 Å². The Morgan fingerprint density at radius 1 is 0.966 bits per heavy atom. The first-order valence-electron chi connectivity index (χ1n) is 10.0. The monoisotopic (exact) mass is 398 g/mol. The zero-order chi connectivity index (χ0) is 20.1. The summed E-state index contributed by atoms with van der Waals surface area (Å²) in [5, 5.41) is 8.78. The van der Waals surface area contributed by atoms with Crippen LogP contribution in [0.2, 0.25) is 0 Å². The fourth-order valence-corrected chi connectivity index (χ4v) is 3.51. The highest BCUT2D eigenvalue weighted by Gasteiger charge is 2.23. The summed E-state index contributed by atoms with van der Waals surface area (Å²) in [7, 11) is 0. The summed E-state index contributed by atoms with van der Waals surface area (Å²) in [5.41, 5.74) is 0.580. The second-order valence-electron chi connectivity index (χ2n) is 6.95. The van der Waals surface area contributed by atoms with Crippen LogP contribution >= 0.6 is 0 Å². The third-order valence-electron chi connectivity index (χ3n) is 5.14. The van der Waals surface area contributed by atoms with Gasteiger partial charge in [-0.3, -0.25) is 4.79 Å². The molecule has 4 rings (SSSR count). The third-order valence-corrected chi connectivity index (χ3v) is 5.14. The number of hydrogen-bond donors (Lipinski definition) is 0. The van der Waals surface area contributed by atoms with Crippen molar-refractivity contribution in [3.63, 3.8) is 0 Å². The molecule has 0 atom stereocenters. The minimum atomic E-state index is -0.00560. The Hall–Kier alpha value is -2.94. The fourth-order valence-electron chi connectivity index (χ4n) is 3.51. The molecule has 4 heterocycles. The van der Waals surface area contributed by atoms with Gasteiger partial charge in [-0.2, -0.15) is 0 Å². The number of aromatic nitrogens is 3. The number of hydrogen-bond acceptors (Lipinski definition) is 8. The van der Waals surface area contributed by atoms with E-state index in [1.54, 1.807) is 18.3 Å². The van der Waals surface area contributed by atoms with Crippen LogP contribution in [0.25, 0.3) is 0 Å². The van der Waals surface area contributed by atoms with Crippen LogP contribution in [-0.4, -0.2) is 85.1 Å². The molecule has 2 fully saturated rings. The van der Waals surface area contributed by atoms with Gasteiger partial charge in [0.25, 0.3) is 5.91 Å². The summed E-state index contributed by atoms with van der Waals surface area (Å²) >= 11 is 0. The number of pyridine rings is 1. The first-order valence-corrected chi connectivity index (χ1v) is 10.0. The van der Waals surface area contributed by atoms with E-state index in [9.17, 15) is 4.79 Å². The molecule has 2 aliphatic heterocycles. The first-order chi connectivity index (χ1) is 14.2. The SMILES string of the molecule is CCOc1ccc(C(=O)N2CCN(c3ccc(N4CCOCC4)nn3)CC2)cn1. The second-order valence-corrected chi connectivity index (χ2v) is 6.95. The van der Waals surface area contributed by atoms with E-state index in [0.717, 1.165) is 51.0 Å². The number of carbonyl (C=O) groups excluding carboxylic acids is 1. The van der Waals surface area contributed by atoms with Crippen molar-refractivity contribution >= 4 is 17.5 Å². The van der Waals surface area contributed by atoms with Crippen LogP contribution in [-0.2, 0) is 4.74 Å². The zero-order valence-corrected chi connectivity index (χ0v) is 16.7. The highest BCUT2D eigenvalue weighted by Crippen LogP contribution is 2.18. The highest BCUT2D eigenvalue weighted by molar-refractivity contribution is 5.94. The maximum atomic E-state index is 12.7. The van der Waals surface area contributed by atoms with Gasteiger partial charge in [-0.25, -0.2) is 4.98 Å². The molecule has 0 bridgehead atoms. The second kappa shape index (κ2) is 9.04. The molecule has 0 aliphatic carbocycles. The summed E-state index contributed by atoms with van der Waals surface area (Å²) in [6.45, 7) is 8.32. The highest BCUT2D eigenvalue weighted by atomic mass is 16.5. The number of morpholine rings is 1. The van der Waals surface area contributed by atoms with Crippen molar-refractivity contribution in [2.45, 2.75) is 6.92 Å². The van der Waals surface area contributed by atoms with Gasteiger partial charge in [0.05, 0.1) is 25.4 Å². The van der Waals surface area contributed by atoms with Crippen molar-refractivity contribution in [3.05, 3.63) is 36.0 Å². The summed E-state index contributed by atoms with van der Waals surface area (Å²) in [6, 6.07) is 7.52. The number of anilines is 2. The molecule has 2 aromatic rings. The van der Waals surface area contributed by atoms with Gasteiger partial charge in [0.1, 0.15) is 0 Å². The van der Waals surface area contributed by atoms with Gasteiger partial charge in [-0.15, -0.1) is 10.2 Å². The van der Waals surface area contributed by atoms with Gasteiger partial charge in [0, 0.05) is 51.5 Å². The lowest BCUT2D eigenvalue weighted by Gasteiger charge is -2.35. The smallest absolute Gasteiger partial charge is 0.255 e. The third kappa shape index (κ3) is 4.56. The largest absolute Gasteiger partial charge is 0.478 e. The maximum absolute atomic E-state index is 12.7. The van der Waals surface area contributed by atoms with Crippen LogP contribution in [0.15, 0.2) is 30.5 Å². The molecule has 1 amide bonds. The van der Waals surface area contributed by atoms with Crippen molar-refractivity contribution < 1.29 is 14.3 Å². The molecule has 29 heavy (non-hydrogen) atoms. The predicted molar refractivity (Wildman–Crippen MR) is 109 cm³/mol. The molecule has 0 unspecified atom stereocenters. The van der Waals surface area contributed by atoms with Gasteiger partial charge in [0.2, 0.25) is 5.88 Å². The molecule has 154 valence electrons. The number of amides is 1. The van der Waals surface area contributed by atoms with Crippen molar-refractivity contribution in [1.82, 2.24) is 20.1 Å². The number of ether oxygens (including phenoxy) is 2. The Labute approximate surface area is 170 Å². The van der Waals surface area contributed by atoms with Crippen LogP contribution in [0.3, 0.4) is 0 Å². The molecular formula is C20H26N6O3. The van der Waals surface area contributed by atoms with Gasteiger partial charge in [-0.1, -0.05) is 0 Å². The molecule has 0 spiro atoms. The Bertz CT molecular complexity index is 800. The lowest BCUT2D eigenvalue weighted by atomic mass is 10.2. The number of nitrogens with zero attached hydrogens (tertiary/aromatic N) is 6. The summed E-state index contributed by atoms with van der Waals surface area (Å²) in [6.07, 6.45) is 1.58. The fraction of sp³-hybridized carbons (Fsp3) is 0.500. The molecule has 0 aromatic carbocycles. The molecular weight excluding hydrogens is 372 g/mol. The zero-order valence-electron chi connectivity index (χ0n) is 16.7. The predicted octanol–water partition coefficient (Wildman–Crippen LogP) is 1.07. The topological polar surface area (TPSA) is 83.9 Å². The van der Waals surface area contributed by atoms with E-state index in [1.807, 2.05) is 24.0 Å². The Morgan fingerprint density at radius 3 is 2.17 bits per heavy atom. The Morgan fingerprint density at radius 2 is 1.62 bits per heavy atom.